The van der Waals surface area contributed by atoms with E-state index in [1.807, 2.05) is 7.05 Å². The fraction of sp³-hybridized carbons (Fsp3) is 0.571. The maximum absolute atomic E-state index is 5.66. The summed E-state index contributed by atoms with van der Waals surface area (Å²) in [7, 11) is 3.71. The van der Waals surface area contributed by atoms with Crippen LogP contribution in [0.4, 0.5) is 5.69 Å². The molecule has 2 unspecified atom stereocenters. The molecule has 2 saturated carbocycles. The van der Waals surface area contributed by atoms with Crippen molar-refractivity contribution in [2.24, 2.45) is 16.8 Å². The summed E-state index contributed by atoms with van der Waals surface area (Å²) in [5.41, 5.74) is 3.43. The number of likely N-dealkylation sites (tertiary alicyclic amines) is 1. The standard InChI is InChI=1S/C21H25N3O/c1-22-20-21(6-4-7-21)17-11-19(25-2)14(10-18(17)23-20)5-3-8-24-12-15-9-16(15)13-24/h10-11,15-16H,4,6-9,12-13H2,1-2H3,(H,22,23). The topological polar surface area (TPSA) is 36.9 Å². The largest absolute Gasteiger partial charge is 0.495 e. The third kappa shape index (κ3) is 2.29. The number of aliphatic imine (C=N–C) groups is 1. The van der Waals surface area contributed by atoms with E-state index >= 15 is 0 Å². The van der Waals surface area contributed by atoms with Crippen molar-refractivity contribution in [2.45, 2.75) is 31.1 Å². The Morgan fingerprint density at radius 3 is 2.76 bits per heavy atom. The summed E-state index contributed by atoms with van der Waals surface area (Å²) in [6.45, 7) is 3.33. The minimum Gasteiger partial charge on any atom is -0.495 e. The second-order valence-corrected chi connectivity index (χ2v) is 7.97. The Balaban J connectivity index is 1.42. The molecule has 2 aliphatic carbocycles. The van der Waals surface area contributed by atoms with Crippen molar-refractivity contribution in [1.29, 1.82) is 0 Å². The SMILES string of the molecule is CNC1=Nc2cc(C#CCN3CC4CC4C3)c(OC)cc2C12CCC2. The molecule has 1 N–H and O–H groups in total. The lowest BCUT2D eigenvalue weighted by atomic mass is 9.64. The highest BCUT2D eigenvalue weighted by atomic mass is 16.5. The van der Waals surface area contributed by atoms with E-state index in [2.05, 4.69) is 34.2 Å². The van der Waals surface area contributed by atoms with E-state index in [9.17, 15) is 0 Å². The van der Waals surface area contributed by atoms with Crippen LogP contribution in [0.25, 0.3) is 0 Å². The van der Waals surface area contributed by atoms with Crippen LogP contribution in [0.1, 0.15) is 36.8 Å². The normalized spacial score (nSPS) is 27.7. The highest BCUT2D eigenvalue weighted by molar-refractivity contribution is 6.01. The van der Waals surface area contributed by atoms with Gasteiger partial charge in [-0.3, -0.25) is 4.90 Å². The molecule has 4 heteroatoms. The number of hydrogen-bond acceptors (Lipinski definition) is 4. The highest BCUT2D eigenvalue weighted by Crippen LogP contribution is 2.53. The number of amidine groups is 1. The Labute approximate surface area is 149 Å². The average molecular weight is 335 g/mol. The Hall–Kier alpha value is -1.99. The van der Waals surface area contributed by atoms with E-state index in [1.165, 1.54) is 44.3 Å². The van der Waals surface area contributed by atoms with E-state index in [-0.39, 0.29) is 5.41 Å². The lowest BCUT2D eigenvalue weighted by molar-refractivity contribution is 0.338. The van der Waals surface area contributed by atoms with Crippen LogP contribution < -0.4 is 10.1 Å². The Kier molecular flexibility index (Phi) is 3.36. The third-order valence-corrected chi connectivity index (χ3v) is 6.54. The lowest BCUT2D eigenvalue weighted by Crippen LogP contribution is -2.45. The first kappa shape index (κ1) is 15.3. The second kappa shape index (κ2) is 5.51. The summed E-state index contributed by atoms with van der Waals surface area (Å²) in [5, 5.41) is 3.32. The van der Waals surface area contributed by atoms with Crippen molar-refractivity contribution in [3.05, 3.63) is 23.3 Å². The number of rotatable bonds is 2. The summed E-state index contributed by atoms with van der Waals surface area (Å²) in [4.78, 5) is 7.33. The molecule has 1 aromatic rings. The summed E-state index contributed by atoms with van der Waals surface area (Å²) < 4.78 is 5.66. The number of methoxy groups -OCH3 is 1. The molecule has 0 amide bonds. The van der Waals surface area contributed by atoms with Gasteiger partial charge >= 0.3 is 0 Å². The first-order valence-electron chi connectivity index (χ1n) is 9.44. The molecule has 2 atom stereocenters. The minimum absolute atomic E-state index is 0.0971. The molecule has 2 aliphatic heterocycles. The van der Waals surface area contributed by atoms with Crippen LogP contribution in [0.5, 0.6) is 5.75 Å². The number of likely N-dealkylation sites (N-methyl/N-ethyl adjacent to an activating group) is 1. The Morgan fingerprint density at radius 1 is 1.32 bits per heavy atom. The molecule has 2 heterocycles. The maximum atomic E-state index is 5.66. The minimum atomic E-state index is 0.0971. The van der Waals surface area contributed by atoms with Crippen LogP contribution in [-0.2, 0) is 5.41 Å². The van der Waals surface area contributed by atoms with Gasteiger partial charge in [-0.1, -0.05) is 18.3 Å². The summed E-state index contributed by atoms with van der Waals surface area (Å²) in [5.74, 6) is 10.6. The van der Waals surface area contributed by atoms with Gasteiger partial charge in [0.2, 0.25) is 0 Å². The molecule has 130 valence electrons. The van der Waals surface area contributed by atoms with Gasteiger partial charge in [-0.15, -0.1) is 0 Å². The van der Waals surface area contributed by atoms with Crippen molar-refractivity contribution >= 4 is 11.5 Å². The maximum Gasteiger partial charge on any atom is 0.134 e. The molecule has 0 bridgehead atoms. The average Bonchev–Trinajstić information content (AvgIpc) is 3.05. The Bertz CT molecular complexity index is 802. The zero-order valence-corrected chi connectivity index (χ0v) is 15.1. The number of hydrogen-bond donors (Lipinski definition) is 1. The van der Waals surface area contributed by atoms with E-state index in [4.69, 9.17) is 9.73 Å². The number of nitrogens with one attached hydrogen (secondary N) is 1. The fourth-order valence-electron chi connectivity index (χ4n) is 4.87. The van der Waals surface area contributed by atoms with E-state index in [0.717, 1.165) is 41.2 Å². The number of piperidine rings is 1. The molecule has 0 radical (unpaired) electrons. The van der Waals surface area contributed by atoms with Crippen LogP contribution in [0.15, 0.2) is 17.1 Å². The van der Waals surface area contributed by atoms with Gasteiger partial charge in [0, 0.05) is 20.1 Å². The number of ether oxygens (including phenoxy) is 1. The fourth-order valence-corrected chi connectivity index (χ4v) is 4.87. The van der Waals surface area contributed by atoms with Gasteiger partial charge in [0.05, 0.1) is 30.3 Å². The number of benzene rings is 1. The predicted octanol–water partition coefficient (Wildman–Crippen LogP) is 2.68. The van der Waals surface area contributed by atoms with E-state index < -0.39 is 0 Å². The molecular formula is C21H25N3O. The molecule has 25 heavy (non-hydrogen) atoms. The number of fused-ring (bicyclic) bond motifs is 3. The smallest absolute Gasteiger partial charge is 0.134 e. The zero-order chi connectivity index (χ0) is 17.0. The molecule has 5 rings (SSSR count). The third-order valence-electron chi connectivity index (χ3n) is 6.54. The van der Waals surface area contributed by atoms with Crippen LogP contribution in [0.2, 0.25) is 0 Å². The molecular weight excluding hydrogens is 310 g/mol. The van der Waals surface area contributed by atoms with Crippen molar-refractivity contribution in [1.82, 2.24) is 10.2 Å². The summed E-state index contributed by atoms with van der Waals surface area (Å²) in [6, 6.07) is 4.30. The van der Waals surface area contributed by atoms with Crippen LogP contribution in [0.3, 0.4) is 0 Å². The molecule has 4 aliphatic rings. The first-order chi connectivity index (χ1) is 12.2. The molecule has 4 nitrogen and oxygen atoms in total. The van der Waals surface area contributed by atoms with E-state index in [0.29, 0.717) is 0 Å². The van der Waals surface area contributed by atoms with Gasteiger partial charge in [0.15, 0.2) is 0 Å². The quantitative estimate of drug-likeness (QED) is 0.844. The predicted molar refractivity (Wildman–Crippen MR) is 99.6 cm³/mol. The van der Waals surface area contributed by atoms with E-state index in [1.54, 1.807) is 7.11 Å². The second-order valence-electron chi connectivity index (χ2n) is 7.97. The summed E-state index contributed by atoms with van der Waals surface area (Å²) >= 11 is 0. The van der Waals surface area contributed by atoms with Gasteiger partial charge in [0.1, 0.15) is 11.6 Å². The zero-order valence-electron chi connectivity index (χ0n) is 15.1. The van der Waals surface area contributed by atoms with Gasteiger partial charge in [-0.25, -0.2) is 4.99 Å². The molecule has 3 fully saturated rings. The summed E-state index contributed by atoms with van der Waals surface area (Å²) in [6.07, 6.45) is 5.05. The van der Waals surface area contributed by atoms with Gasteiger partial charge in [-0.05, 0) is 48.8 Å². The monoisotopic (exact) mass is 335 g/mol. The molecule has 1 saturated heterocycles. The van der Waals surface area contributed by atoms with Crippen LogP contribution >= 0.6 is 0 Å². The number of nitrogens with zero attached hydrogens (tertiary/aromatic N) is 2. The lowest BCUT2D eigenvalue weighted by Gasteiger charge is -2.40. The molecule has 1 spiro atoms. The van der Waals surface area contributed by atoms with Crippen molar-refractivity contribution in [3.63, 3.8) is 0 Å². The van der Waals surface area contributed by atoms with Crippen molar-refractivity contribution < 1.29 is 4.74 Å². The molecule has 0 aromatic heterocycles. The highest BCUT2D eigenvalue weighted by Gasteiger charge is 2.48. The van der Waals surface area contributed by atoms with Gasteiger partial charge < -0.3 is 10.1 Å². The van der Waals surface area contributed by atoms with Gasteiger partial charge in [0.25, 0.3) is 0 Å². The molecule has 1 aromatic carbocycles. The van der Waals surface area contributed by atoms with Gasteiger partial charge in [-0.2, -0.15) is 0 Å². The first-order valence-corrected chi connectivity index (χ1v) is 9.44. The van der Waals surface area contributed by atoms with Crippen molar-refractivity contribution in [2.75, 3.05) is 33.8 Å². The Morgan fingerprint density at radius 2 is 2.12 bits per heavy atom. The van der Waals surface area contributed by atoms with Crippen LogP contribution in [0, 0.1) is 23.7 Å². The van der Waals surface area contributed by atoms with Crippen molar-refractivity contribution in [3.8, 4) is 17.6 Å². The van der Waals surface area contributed by atoms with Crippen LogP contribution in [-0.4, -0.2) is 44.5 Å².